The number of carbonyl (C=O) groups is 3. The molecule has 2 unspecified atom stereocenters. The SMILES string of the molecule is CC(=O)N(C)C1CCCN2C(=O)C(O)=C(C(N)=O)N(Cc3ccc(F)cc3)C12. The van der Waals surface area contributed by atoms with E-state index < -0.39 is 35.6 Å². The monoisotopic (exact) mass is 390 g/mol. The fourth-order valence-electron chi connectivity index (χ4n) is 3.91. The van der Waals surface area contributed by atoms with Gasteiger partial charge in [-0.25, -0.2) is 4.39 Å². The molecule has 150 valence electrons. The Balaban J connectivity index is 2.09. The lowest BCUT2D eigenvalue weighted by Crippen LogP contribution is -2.66. The largest absolute Gasteiger partial charge is 0.501 e. The molecule has 1 aromatic carbocycles. The van der Waals surface area contributed by atoms with Crippen molar-refractivity contribution in [2.45, 2.75) is 38.5 Å². The number of nitrogens with two attached hydrogens (primary N) is 1. The van der Waals surface area contributed by atoms with Crippen LogP contribution in [0.25, 0.3) is 0 Å². The fraction of sp³-hybridized carbons (Fsp3) is 0.421. The number of halogens is 1. The van der Waals surface area contributed by atoms with Gasteiger partial charge in [-0.1, -0.05) is 12.1 Å². The Morgan fingerprint density at radius 2 is 1.96 bits per heavy atom. The van der Waals surface area contributed by atoms with Crippen LogP contribution >= 0.6 is 0 Å². The van der Waals surface area contributed by atoms with Crippen molar-refractivity contribution in [3.63, 3.8) is 0 Å². The van der Waals surface area contributed by atoms with Crippen molar-refractivity contribution in [3.05, 3.63) is 47.1 Å². The Labute approximate surface area is 162 Å². The number of amides is 3. The molecule has 0 saturated carbocycles. The van der Waals surface area contributed by atoms with Crippen LogP contribution in [0.15, 0.2) is 35.7 Å². The summed E-state index contributed by atoms with van der Waals surface area (Å²) in [5.41, 5.74) is 5.85. The van der Waals surface area contributed by atoms with Gasteiger partial charge in [0.05, 0.1) is 6.04 Å². The van der Waals surface area contributed by atoms with E-state index in [2.05, 4.69) is 0 Å². The zero-order chi connectivity index (χ0) is 20.6. The molecule has 0 bridgehead atoms. The predicted octanol–water partition coefficient (Wildman–Crippen LogP) is 0.692. The molecule has 9 heteroatoms. The normalized spacial score (nSPS) is 22.2. The van der Waals surface area contributed by atoms with E-state index in [1.165, 1.54) is 33.8 Å². The smallest absolute Gasteiger partial charge is 0.292 e. The molecule has 2 heterocycles. The highest BCUT2D eigenvalue weighted by Gasteiger charge is 2.48. The number of benzene rings is 1. The molecule has 2 aliphatic heterocycles. The highest BCUT2D eigenvalue weighted by molar-refractivity contribution is 6.03. The molecular weight excluding hydrogens is 367 g/mol. The van der Waals surface area contributed by atoms with Crippen LogP contribution < -0.4 is 5.73 Å². The van der Waals surface area contributed by atoms with Gasteiger partial charge in [0.15, 0.2) is 5.70 Å². The summed E-state index contributed by atoms with van der Waals surface area (Å²) in [7, 11) is 1.64. The molecule has 1 aromatic rings. The van der Waals surface area contributed by atoms with Gasteiger partial charge in [-0.15, -0.1) is 0 Å². The molecule has 28 heavy (non-hydrogen) atoms. The number of carbonyl (C=O) groups excluding carboxylic acids is 3. The number of hydrogen-bond donors (Lipinski definition) is 2. The highest BCUT2D eigenvalue weighted by Crippen LogP contribution is 2.34. The number of nitrogens with zero attached hydrogens (tertiary/aromatic N) is 3. The fourth-order valence-corrected chi connectivity index (χ4v) is 3.91. The molecule has 0 spiro atoms. The lowest BCUT2D eigenvalue weighted by molar-refractivity contribution is -0.153. The van der Waals surface area contributed by atoms with Crippen LogP contribution in [0.1, 0.15) is 25.3 Å². The number of likely N-dealkylation sites (N-methyl/N-ethyl adjacent to an activating group) is 1. The minimum atomic E-state index is -0.942. The number of hydrogen-bond acceptors (Lipinski definition) is 5. The summed E-state index contributed by atoms with van der Waals surface area (Å²) in [4.78, 5) is 41.3. The maximum absolute atomic E-state index is 13.3. The minimum Gasteiger partial charge on any atom is -0.501 e. The molecule has 0 radical (unpaired) electrons. The van der Waals surface area contributed by atoms with Gasteiger partial charge in [0.25, 0.3) is 11.8 Å². The summed E-state index contributed by atoms with van der Waals surface area (Å²) in [6.07, 6.45) is 0.601. The zero-order valence-electron chi connectivity index (χ0n) is 15.8. The Bertz CT molecular complexity index is 839. The zero-order valence-corrected chi connectivity index (χ0v) is 15.8. The van der Waals surface area contributed by atoms with Crippen LogP contribution in [0.5, 0.6) is 0 Å². The molecule has 1 saturated heterocycles. The number of rotatable bonds is 4. The van der Waals surface area contributed by atoms with Crippen LogP contribution in [0.2, 0.25) is 0 Å². The lowest BCUT2D eigenvalue weighted by Gasteiger charge is -2.52. The summed E-state index contributed by atoms with van der Waals surface area (Å²) in [5, 5.41) is 10.4. The van der Waals surface area contributed by atoms with Crippen LogP contribution in [-0.2, 0) is 20.9 Å². The van der Waals surface area contributed by atoms with E-state index in [4.69, 9.17) is 5.73 Å². The van der Waals surface area contributed by atoms with Gasteiger partial charge in [0.1, 0.15) is 12.0 Å². The number of aliphatic hydroxyl groups is 1. The number of piperidine rings is 1. The van der Waals surface area contributed by atoms with E-state index in [1.54, 1.807) is 19.2 Å². The Morgan fingerprint density at radius 1 is 1.32 bits per heavy atom. The quantitative estimate of drug-likeness (QED) is 0.787. The third-order valence-electron chi connectivity index (χ3n) is 5.35. The first-order chi connectivity index (χ1) is 13.2. The summed E-state index contributed by atoms with van der Waals surface area (Å²) in [6.45, 7) is 1.91. The molecule has 1 fully saturated rings. The van der Waals surface area contributed by atoms with Gasteiger partial charge < -0.3 is 25.5 Å². The van der Waals surface area contributed by atoms with Crippen LogP contribution in [0.3, 0.4) is 0 Å². The molecule has 0 aliphatic carbocycles. The van der Waals surface area contributed by atoms with E-state index in [9.17, 15) is 23.9 Å². The predicted molar refractivity (Wildman–Crippen MR) is 97.8 cm³/mol. The second-order valence-corrected chi connectivity index (χ2v) is 7.07. The van der Waals surface area contributed by atoms with Gasteiger partial charge in [-0.05, 0) is 30.5 Å². The minimum absolute atomic E-state index is 0.110. The standard InChI is InChI=1S/C19H23FN4O4/c1-11(25)22(2)14-4-3-9-23-18(14)24(10-12-5-7-13(20)8-6-12)15(17(21)27)16(26)19(23)28/h5-8,14,18,26H,3-4,9-10H2,1-2H3,(H2,21,27). The van der Waals surface area contributed by atoms with Gasteiger partial charge in [0.2, 0.25) is 11.7 Å². The van der Waals surface area contributed by atoms with Gasteiger partial charge in [-0.2, -0.15) is 0 Å². The first kappa shape index (κ1) is 19.7. The molecule has 3 rings (SSSR count). The maximum Gasteiger partial charge on any atom is 0.292 e. The topological polar surface area (TPSA) is 107 Å². The number of aliphatic hydroxyl groups excluding tert-OH is 1. The van der Waals surface area contributed by atoms with E-state index in [-0.39, 0.29) is 18.1 Å². The van der Waals surface area contributed by atoms with Crippen molar-refractivity contribution < 1.29 is 23.9 Å². The van der Waals surface area contributed by atoms with E-state index in [0.29, 0.717) is 24.9 Å². The summed E-state index contributed by atoms with van der Waals surface area (Å²) in [6, 6.07) is 5.29. The molecule has 2 aliphatic rings. The Kier molecular flexibility index (Phi) is 5.26. The van der Waals surface area contributed by atoms with Gasteiger partial charge in [0, 0.05) is 27.1 Å². The van der Waals surface area contributed by atoms with Crippen molar-refractivity contribution >= 4 is 17.7 Å². The van der Waals surface area contributed by atoms with E-state index >= 15 is 0 Å². The molecule has 0 aromatic heterocycles. The molecular formula is C19H23FN4O4. The molecule has 3 amide bonds. The van der Waals surface area contributed by atoms with E-state index in [0.717, 1.165) is 0 Å². The third-order valence-corrected chi connectivity index (χ3v) is 5.35. The lowest BCUT2D eigenvalue weighted by atomic mass is 9.95. The van der Waals surface area contributed by atoms with Crippen LogP contribution in [-0.4, -0.2) is 63.3 Å². The average molecular weight is 390 g/mol. The first-order valence-corrected chi connectivity index (χ1v) is 9.01. The molecule has 8 nitrogen and oxygen atoms in total. The third kappa shape index (κ3) is 3.39. The summed E-state index contributed by atoms with van der Waals surface area (Å²) < 4.78 is 13.3. The average Bonchev–Trinajstić information content (AvgIpc) is 2.66. The highest BCUT2D eigenvalue weighted by atomic mass is 19.1. The summed E-state index contributed by atoms with van der Waals surface area (Å²) in [5.74, 6) is -2.92. The van der Waals surface area contributed by atoms with Crippen molar-refractivity contribution in [2.75, 3.05) is 13.6 Å². The van der Waals surface area contributed by atoms with Crippen LogP contribution in [0, 0.1) is 5.82 Å². The van der Waals surface area contributed by atoms with Crippen molar-refractivity contribution in [1.82, 2.24) is 14.7 Å². The van der Waals surface area contributed by atoms with Crippen molar-refractivity contribution in [3.8, 4) is 0 Å². The van der Waals surface area contributed by atoms with Crippen LogP contribution in [0.4, 0.5) is 4.39 Å². The maximum atomic E-state index is 13.3. The Hall–Kier alpha value is -3.10. The van der Waals surface area contributed by atoms with Crippen molar-refractivity contribution in [1.29, 1.82) is 0 Å². The molecule has 2 atom stereocenters. The van der Waals surface area contributed by atoms with Gasteiger partial charge >= 0.3 is 0 Å². The molecule has 3 N–H and O–H groups in total. The number of fused-ring (bicyclic) bond motifs is 1. The van der Waals surface area contributed by atoms with Gasteiger partial charge in [-0.3, -0.25) is 14.4 Å². The second kappa shape index (κ2) is 7.49. The second-order valence-electron chi connectivity index (χ2n) is 7.07. The Morgan fingerprint density at radius 3 is 2.54 bits per heavy atom. The summed E-state index contributed by atoms with van der Waals surface area (Å²) >= 11 is 0. The van der Waals surface area contributed by atoms with E-state index in [1.807, 2.05) is 0 Å². The number of primary amides is 1. The van der Waals surface area contributed by atoms with Crippen molar-refractivity contribution in [2.24, 2.45) is 5.73 Å². The first-order valence-electron chi connectivity index (χ1n) is 9.01.